The van der Waals surface area contributed by atoms with Gasteiger partial charge < -0.3 is 9.84 Å². The molecule has 3 nitrogen and oxygen atoms in total. The van der Waals surface area contributed by atoms with Gasteiger partial charge in [-0.3, -0.25) is 0 Å². The highest BCUT2D eigenvalue weighted by atomic mass is 16.6. The summed E-state index contributed by atoms with van der Waals surface area (Å²) in [5, 5.41) is 10.5. The van der Waals surface area contributed by atoms with Crippen molar-refractivity contribution in [2.45, 2.75) is 57.2 Å². The summed E-state index contributed by atoms with van der Waals surface area (Å²) >= 11 is 0. The molecule has 1 N–H and O–H groups in total. The minimum Gasteiger partial charge on any atom is -0.460 e. The molecule has 1 heterocycles. The Balaban J connectivity index is 1.86. The Morgan fingerprint density at radius 1 is 1.31 bits per heavy atom. The molecule has 2 aliphatic carbocycles. The second-order valence-electron chi connectivity index (χ2n) is 5.89. The highest BCUT2D eigenvalue weighted by molar-refractivity contribution is 5.82. The number of fused-ring (bicyclic) bond motifs is 2. The van der Waals surface area contributed by atoms with E-state index in [1.54, 1.807) is 0 Å². The maximum atomic E-state index is 11.7. The summed E-state index contributed by atoms with van der Waals surface area (Å²) in [4.78, 5) is 11.7. The van der Waals surface area contributed by atoms with Crippen LogP contribution in [0.15, 0.2) is 0 Å². The van der Waals surface area contributed by atoms with Crippen LogP contribution in [0.25, 0.3) is 0 Å². The fraction of sp³-hybridized carbons (Fsp3) is 0.923. The monoisotopic (exact) mass is 224 g/mol. The molecule has 0 radical (unpaired) electrons. The lowest BCUT2D eigenvalue weighted by atomic mass is 9.61. The van der Waals surface area contributed by atoms with Crippen molar-refractivity contribution in [3.05, 3.63) is 0 Å². The molecule has 0 aromatic rings. The van der Waals surface area contributed by atoms with E-state index in [0.717, 1.165) is 12.3 Å². The van der Waals surface area contributed by atoms with Crippen LogP contribution in [0, 0.1) is 17.8 Å². The Morgan fingerprint density at radius 2 is 2.00 bits per heavy atom. The van der Waals surface area contributed by atoms with Gasteiger partial charge in [0.25, 0.3) is 0 Å². The van der Waals surface area contributed by atoms with Crippen molar-refractivity contribution in [2.75, 3.05) is 0 Å². The van der Waals surface area contributed by atoms with E-state index < -0.39 is 5.60 Å². The quantitative estimate of drug-likeness (QED) is 0.639. The normalized spacial score (nSPS) is 51.8. The number of cyclic esters (lactones) is 1. The van der Waals surface area contributed by atoms with Crippen LogP contribution in [0.4, 0.5) is 0 Å². The molecule has 90 valence electrons. The van der Waals surface area contributed by atoms with Gasteiger partial charge in [-0.2, -0.15) is 0 Å². The third-order valence-corrected chi connectivity index (χ3v) is 5.02. The SMILES string of the molecule is CC1OC(=O)C2(O)CC3CCCCC3CC12. The molecule has 3 heteroatoms. The van der Waals surface area contributed by atoms with Crippen molar-refractivity contribution < 1.29 is 14.6 Å². The average molecular weight is 224 g/mol. The number of esters is 1. The smallest absolute Gasteiger partial charge is 0.338 e. The van der Waals surface area contributed by atoms with Crippen molar-refractivity contribution in [1.82, 2.24) is 0 Å². The van der Waals surface area contributed by atoms with Crippen molar-refractivity contribution in [1.29, 1.82) is 0 Å². The zero-order valence-corrected chi connectivity index (χ0v) is 9.82. The topological polar surface area (TPSA) is 46.5 Å². The molecular formula is C13H20O3. The van der Waals surface area contributed by atoms with Crippen molar-refractivity contribution in [3.63, 3.8) is 0 Å². The lowest BCUT2D eigenvalue weighted by Crippen LogP contribution is -2.50. The van der Waals surface area contributed by atoms with Gasteiger partial charge in [-0.1, -0.05) is 25.7 Å². The van der Waals surface area contributed by atoms with Crippen LogP contribution < -0.4 is 0 Å². The second kappa shape index (κ2) is 3.46. The number of ether oxygens (including phenoxy) is 1. The Labute approximate surface area is 96.2 Å². The first-order valence-corrected chi connectivity index (χ1v) is 6.55. The van der Waals surface area contributed by atoms with Gasteiger partial charge >= 0.3 is 5.97 Å². The summed E-state index contributed by atoms with van der Waals surface area (Å²) in [5.74, 6) is 0.942. The van der Waals surface area contributed by atoms with Gasteiger partial charge in [0.05, 0.1) is 0 Å². The van der Waals surface area contributed by atoms with E-state index in [2.05, 4.69) is 0 Å². The molecule has 3 fully saturated rings. The largest absolute Gasteiger partial charge is 0.460 e. The van der Waals surface area contributed by atoms with Crippen LogP contribution in [-0.4, -0.2) is 22.8 Å². The van der Waals surface area contributed by atoms with Gasteiger partial charge in [0, 0.05) is 5.92 Å². The molecule has 1 saturated heterocycles. The van der Waals surface area contributed by atoms with Crippen molar-refractivity contribution >= 4 is 5.97 Å². The van der Waals surface area contributed by atoms with Gasteiger partial charge in [-0.25, -0.2) is 4.79 Å². The molecule has 0 aromatic carbocycles. The first-order valence-electron chi connectivity index (χ1n) is 6.55. The fourth-order valence-electron chi connectivity index (χ4n) is 4.10. The predicted molar refractivity (Wildman–Crippen MR) is 58.7 cm³/mol. The minimum absolute atomic E-state index is 0.0411. The first kappa shape index (κ1) is 10.6. The van der Waals surface area contributed by atoms with Gasteiger partial charge in [0.2, 0.25) is 0 Å². The molecule has 0 aromatic heterocycles. The Hall–Kier alpha value is -0.570. The van der Waals surface area contributed by atoms with E-state index in [4.69, 9.17) is 4.74 Å². The Bertz CT molecular complexity index is 314. The molecule has 3 aliphatic rings. The Morgan fingerprint density at radius 3 is 2.75 bits per heavy atom. The molecule has 0 amide bonds. The molecule has 1 aliphatic heterocycles. The maximum absolute atomic E-state index is 11.7. The first-order chi connectivity index (χ1) is 7.61. The molecule has 0 spiro atoms. The summed E-state index contributed by atoms with van der Waals surface area (Å²) in [6, 6.07) is 0. The molecule has 2 saturated carbocycles. The van der Waals surface area contributed by atoms with Crippen LogP contribution in [0.1, 0.15) is 45.4 Å². The van der Waals surface area contributed by atoms with Gasteiger partial charge in [0.15, 0.2) is 5.60 Å². The summed E-state index contributed by atoms with van der Waals surface area (Å²) in [6.07, 6.45) is 6.56. The lowest BCUT2D eigenvalue weighted by Gasteiger charge is -2.44. The van der Waals surface area contributed by atoms with E-state index in [1.165, 1.54) is 25.7 Å². The number of rotatable bonds is 0. The van der Waals surface area contributed by atoms with Crippen molar-refractivity contribution in [3.8, 4) is 0 Å². The molecule has 3 rings (SSSR count). The van der Waals surface area contributed by atoms with Crippen LogP contribution >= 0.6 is 0 Å². The number of aliphatic hydroxyl groups is 1. The van der Waals surface area contributed by atoms with Gasteiger partial charge in [0.1, 0.15) is 6.10 Å². The third-order valence-electron chi connectivity index (χ3n) is 5.02. The van der Waals surface area contributed by atoms with Crippen LogP contribution in [-0.2, 0) is 9.53 Å². The minimum atomic E-state index is -1.15. The summed E-state index contributed by atoms with van der Waals surface area (Å²) < 4.78 is 5.23. The van der Waals surface area contributed by atoms with Crippen LogP contribution in [0.5, 0.6) is 0 Å². The van der Waals surface area contributed by atoms with E-state index in [9.17, 15) is 9.90 Å². The third kappa shape index (κ3) is 1.33. The molecule has 16 heavy (non-hydrogen) atoms. The zero-order chi connectivity index (χ0) is 11.3. The van der Waals surface area contributed by atoms with Gasteiger partial charge in [-0.15, -0.1) is 0 Å². The molecule has 0 bridgehead atoms. The standard InChI is InChI=1S/C13H20O3/c1-8-11-6-9-4-2-3-5-10(9)7-13(11,15)12(14)16-8/h8-11,15H,2-7H2,1H3. The van der Waals surface area contributed by atoms with E-state index in [1.807, 2.05) is 6.92 Å². The van der Waals surface area contributed by atoms with Crippen LogP contribution in [0.2, 0.25) is 0 Å². The number of hydrogen-bond donors (Lipinski definition) is 1. The number of hydrogen-bond acceptors (Lipinski definition) is 3. The van der Waals surface area contributed by atoms with Crippen molar-refractivity contribution in [2.24, 2.45) is 17.8 Å². The number of carbonyl (C=O) groups is 1. The average Bonchev–Trinajstić information content (AvgIpc) is 2.47. The highest BCUT2D eigenvalue weighted by Gasteiger charge is 2.59. The summed E-state index contributed by atoms with van der Waals surface area (Å²) in [5.41, 5.74) is -1.15. The highest BCUT2D eigenvalue weighted by Crippen LogP contribution is 2.51. The predicted octanol–water partition coefficient (Wildman–Crippen LogP) is 1.88. The van der Waals surface area contributed by atoms with Gasteiger partial charge in [-0.05, 0) is 31.6 Å². The summed E-state index contributed by atoms with van der Waals surface area (Å²) in [6.45, 7) is 1.92. The maximum Gasteiger partial charge on any atom is 0.338 e. The number of carbonyl (C=O) groups excluding carboxylic acids is 1. The molecule has 5 atom stereocenters. The Kier molecular flexibility index (Phi) is 2.29. The van der Waals surface area contributed by atoms with Crippen LogP contribution in [0.3, 0.4) is 0 Å². The lowest BCUT2D eigenvalue weighted by molar-refractivity contribution is -0.160. The zero-order valence-electron chi connectivity index (χ0n) is 9.82. The summed E-state index contributed by atoms with van der Waals surface area (Å²) in [7, 11) is 0. The van der Waals surface area contributed by atoms with E-state index in [0.29, 0.717) is 12.3 Å². The molecule has 5 unspecified atom stereocenters. The van der Waals surface area contributed by atoms with E-state index in [-0.39, 0.29) is 18.0 Å². The van der Waals surface area contributed by atoms with E-state index >= 15 is 0 Å². The second-order valence-corrected chi connectivity index (χ2v) is 5.89. The fourth-order valence-corrected chi connectivity index (χ4v) is 4.10. The molecular weight excluding hydrogens is 204 g/mol.